The number of nitrogens with zero attached hydrogens (tertiary/aromatic N) is 1. The topological polar surface area (TPSA) is 72.9 Å². The molecule has 0 N–H and O–H groups in total. The Balaban J connectivity index is 1.88. The molecule has 0 aromatic heterocycles. The van der Waals surface area contributed by atoms with E-state index in [0.717, 1.165) is 12.1 Å². The summed E-state index contributed by atoms with van der Waals surface area (Å²) in [5.74, 6) is -0.214. The number of hydrogen-bond acceptors (Lipinski definition) is 5. The first-order valence-corrected chi connectivity index (χ1v) is 9.22. The first-order valence-electron chi connectivity index (χ1n) is 7.43. The normalized spacial score (nSPS) is 15.0. The smallest absolute Gasteiger partial charge is 0.417 e. The molecule has 1 fully saturated rings. The van der Waals surface area contributed by atoms with Crippen molar-refractivity contribution in [2.45, 2.75) is 11.1 Å². The molecule has 0 aliphatic carbocycles. The van der Waals surface area contributed by atoms with Crippen molar-refractivity contribution in [3.63, 3.8) is 0 Å². The fraction of sp³-hybridized carbons (Fsp3) is 0.188. The van der Waals surface area contributed by atoms with Crippen LogP contribution in [-0.2, 0) is 21.0 Å². The van der Waals surface area contributed by atoms with E-state index in [1.165, 1.54) is 29.2 Å². The summed E-state index contributed by atoms with van der Waals surface area (Å²) in [6, 6.07) is 7.50. The van der Waals surface area contributed by atoms with Gasteiger partial charge >= 0.3 is 22.4 Å². The van der Waals surface area contributed by atoms with Crippen molar-refractivity contribution in [3.8, 4) is 5.75 Å². The third-order valence-corrected chi connectivity index (χ3v) is 5.17. The summed E-state index contributed by atoms with van der Waals surface area (Å²) in [5.41, 5.74) is -0.990. The van der Waals surface area contributed by atoms with Crippen LogP contribution in [0.1, 0.15) is 5.56 Å². The van der Waals surface area contributed by atoms with Gasteiger partial charge in [0.15, 0.2) is 0 Å². The Morgan fingerprint density at radius 1 is 1.11 bits per heavy atom. The van der Waals surface area contributed by atoms with E-state index in [1.54, 1.807) is 0 Å². The van der Waals surface area contributed by atoms with Gasteiger partial charge in [-0.1, -0.05) is 11.6 Å². The number of halogens is 4. The zero-order chi connectivity index (χ0) is 19.8. The number of carbonyl (C=O) groups excluding carboxylic acids is 1. The molecule has 1 heterocycles. The quantitative estimate of drug-likeness (QED) is 0.695. The zero-order valence-electron chi connectivity index (χ0n) is 13.4. The zero-order valence-corrected chi connectivity index (χ0v) is 14.9. The van der Waals surface area contributed by atoms with E-state index in [0.29, 0.717) is 18.3 Å². The maximum atomic E-state index is 13.1. The Hall–Kier alpha value is -2.46. The van der Waals surface area contributed by atoms with Crippen molar-refractivity contribution in [1.82, 2.24) is 0 Å². The van der Waals surface area contributed by atoms with Gasteiger partial charge in [-0.15, -0.1) is 0 Å². The molecule has 27 heavy (non-hydrogen) atoms. The second-order valence-corrected chi connectivity index (χ2v) is 7.39. The monoisotopic (exact) mass is 421 g/mol. The van der Waals surface area contributed by atoms with Crippen molar-refractivity contribution >= 4 is 33.5 Å². The summed E-state index contributed by atoms with van der Waals surface area (Å²) in [4.78, 5) is 11.8. The van der Waals surface area contributed by atoms with Crippen LogP contribution in [0.15, 0.2) is 47.4 Å². The van der Waals surface area contributed by atoms with Crippen molar-refractivity contribution in [3.05, 3.63) is 53.1 Å². The SMILES string of the molecule is O=C1OCCN1c1ccc(OS(=O)(=O)c2ccc(Cl)cc2C(F)(F)F)cc1. The number of hydrogen-bond donors (Lipinski definition) is 0. The number of amides is 1. The molecule has 0 atom stereocenters. The van der Waals surface area contributed by atoms with Gasteiger partial charge in [0.25, 0.3) is 0 Å². The van der Waals surface area contributed by atoms with Crippen LogP contribution in [0.4, 0.5) is 23.7 Å². The fourth-order valence-electron chi connectivity index (χ4n) is 2.42. The summed E-state index contributed by atoms with van der Waals surface area (Å²) in [7, 11) is -4.77. The van der Waals surface area contributed by atoms with Crippen LogP contribution in [0, 0.1) is 0 Å². The van der Waals surface area contributed by atoms with E-state index in [1.807, 2.05) is 0 Å². The van der Waals surface area contributed by atoms with Crippen LogP contribution in [0.5, 0.6) is 5.75 Å². The lowest BCUT2D eigenvalue weighted by molar-refractivity contribution is -0.139. The summed E-state index contributed by atoms with van der Waals surface area (Å²) in [6.07, 6.45) is -5.48. The van der Waals surface area contributed by atoms with Crippen LogP contribution >= 0.6 is 11.6 Å². The van der Waals surface area contributed by atoms with Gasteiger partial charge in [0, 0.05) is 10.7 Å². The van der Waals surface area contributed by atoms with E-state index in [4.69, 9.17) is 20.5 Å². The van der Waals surface area contributed by atoms with Gasteiger partial charge < -0.3 is 8.92 Å². The van der Waals surface area contributed by atoms with Crippen LogP contribution in [0.3, 0.4) is 0 Å². The van der Waals surface area contributed by atoms with Crippen molar-refractivity contribution in [1.29, 1.82) is 0 Å². The highest BCUT2D eigenvalue weighted by atomic mass is 35.5. The standard InChI is InChI=1S/C16H11ClF3NO5S/c17-10-1-6-14(13(9-10)16(18,19)20)27(23,24)26-12-4-2-11(3-5-12)21-7-8-25-15(21)22/h1-6,9H,7-8H2. The molecule has 3 rings (SSSR count). The van der Waals surface area contributed by atoms with Crippen molar-refractivity contribution < 1.29 is 35.3 Å². The Morgan fingerprint density at radius 2 is 1.78 bits per heavy atom. The van der Waals surface area contributed by atoms with E-state index < -0.39 is 32.8 Å². The first-order chi connectivity index (χ1) is 12.6. The van der Waals surface area contributed by atoms with Crippen LogP contribution in [0.25, 0.3) is 0 Å². The highest BCUT2D eigenvalue weighted by Gasteiger charge is 2.38. The molecule has 1 aliphatic heterocycles. The third-order valence-electron chi connectivity index (χ3n) is 3.63. The molecule has 11 heteroatoms. The second kappa shape index (κ2) is 6.93. The molecule has 0 unspecified atom stereocenters. The molecule has 2 aromatic carbocycles. The van der Waals surface area contributed by atoms with Gasteiger partial charge in [-0.2, -0.15) is 21.6 Å². The Labute approximate surface area is 157 Å². The van der Waals surface area contributed by atoms with Crippen LogP contribution in [-0.4, -0.2) is 27.7 Å². The molecule has 0 bridgehead atoms. The molecule has 6 nitrogen and oxygen atoms in total. The average Bonchev–Trinajstić information content (AvgIpc) is 3.00. The van der Waals surface area contributed by atoms with Gasteiger partial charge in [-0.05, 0) is 42.5 Å². The highest BCUT2D eigenvalue weighted by Crippen LogP contribution is 2.37. The number of cyclic esters (lactones) is 1. The number of benzene rings is 2. The number of anilines is 1. The fourth-order valence-corrected chi connectivity index (χ4v) is 3.73. The Bertz CT molecular complexity index is 977. The molecule has 1 aliphatic rings. The van der Waals surface area contributed by atoms with Gasteiger partial charge in [-0.25, -0.2) is 4.79 Å². The third kappa shape index (κ3) is 4.11. The summed E-state index contributed by atoms with van der Waals surface area (Å²) in [5, 5.41) is -0.261. The lowest BCUT2D eigenvalue weighted by atomic mass is 10.2. The molecular weight excluding hydrogens is 411 g/mol. The maximum absolute atomic E-state index is 13.1. The van der Waals surface area contributed by atoms with E-state index in [9.17, 15) is 26.4 Å². The van der Waals surface area contributed by atoms with E-state index in [-0.39, 0.29) is 17.4 Å². The largest absolute Gasteiger partial charge is 0.447 e. The second-order valence-electron chi connectivity index (χ2n) is 5.44. The maximum Gasteiger partial charge on any atom is 0.417 e. The number of carbonyl (C=O) groups is 1. The molecule has 0 radical (unpaired) electrons. The van der Waals surface area contributed by atoms with Gasteiger partial charge in [0.05, 0.1) is 12.1 Å². The van der Waals surface area contributed by atoms with Crippen molar-refractivity contribution in [2.24, 2.45) is 0 Å². The molecule has 144 valence electrons. The minimum atomic E-state index is -4.93. The lowest BCUT2D eigenvalue weighted by Crippen LogP contribution is -2.23. The highest BCUT2D eigenvalue weighted by molar-refractivity contribution is 7.87. The molecular formula is C16H11ClF3NO5S. The van der Waals surface area contributed by atoms with Crippen LogP contribution in [0.2, 0.25) is 5.02 Å². The lowest BCUT2D eigenvalue weighted by Gasteiger charge is -2.15. The summed E-state index contributed by atoms with van der Waals surface area (Å²) < 4.78 is 73.6. The molecule has 1 saturated heterocycles. The number of rotatable bonds is 4. The minimum Gasteiger partial charge on any atom is -0.447 e. The predicted octanol–water partition coefficient (Wildman–Crippen LogP) is 4.08. The minimum absolute atomic E-state index is 0.214. The van der Waals surface area contributed by atoms with E-state index in [2.05, 4.69) is 0 Å². The molecule has 0 spiro atoms. The van der Waals surface area contributed by atoms with Gasteiger partial charge in [-0.3, -0.25) is 4.90 Å². The molecule has 1 amide bonds. The van der Waals surface area contributed by atoms with Gasteiger partial charge in [0.2, 0.25) is 0 Å². The van der Waals surface area contributed by atoms with E-state index >= 15 is 0 Å². The number of alkyl halides is 3. The van der Waals surface area contributed by atoms with Crippen LogP contribution < -0.4 is 9.08 Å². The summed E-state index contributed by atoms with van der Waals surface area (Å²) in [6.45, 7) is 0.555. The average molecular weight is 422 g/mol. The van der Waals surface area contributed by atoms with Gasteiger partial charge in [0.1, 0.15) is 17.3 Å². The Morgan fingerprint density at radius 3 is 2.33 bits per heavy atom. The first kappa shape index (κ1) is 19.3. The summed E-state index contributed by atoms with van der Waals surface area (Å²) >= 11 is 5.55. The molecule has 0 saturated carbocycles. The Kier molecular flexibility index (Phi) is 4.96. The van der Waals surface area contributed by atoms with Crippen molar-refractivity contribution in [2.75, 3.05) is 18.1 Å². The predicted molar refractivity (Wildman–Crippen MR) is 89.4 cm³/mol. The number of ether oxygens (including phenoxy) is 1. The molecule has 2 aromatic rings.